The van der Waals surface area contributed by atoms with Crippen LogP contribution in [-0.4, -0.2) is 49.7 Å². The van der Waals surface area contributed by atoms with Crippen molar-refractivity contribution in [2.24, 2.45) is 5.73 Å². The second-order valence-corrected chi connectivity index (χ2v) is 3.55. The molecule has 6 N–H and O–H groups in total. The third-order valence-corrected chi connectivity index (χ3v) is 2.08. The van der Waals surface area contributed by atoms with Gasteiger partial charge in [-0.2, -0.15) is 5.21 Å². The summed E-state index contributed by atoms with van der Waals surface area (Å²) in [5.74, 6) is -1.64. The number of aromatic nitrogens is 4. The molecule has 104 valence electrons. The highest BCUT2D eigenvalue weighted by molar-refractivity contribution is 5.83. The standard InChI is InChI=1S/C8H13N7O4/c9-5(16)2-1-4(7(17)18)11-8(19)10-3-6-12-14-15-13-6/h4H,1-3H2,(H2,9,16)(H,17,18)(H2,10,11,19)(H,12,13,14,15). The highest BCUT2D eigenvalue weighted by Gasteiger charge is 2.20. The number of hydrogen-bond donors (Lipinski definition) is 5. The lowest BCUT2D eigenvalue weighted by atomic mass is 10.1. The minimum atomic E-state index is -1.25. The van der Waals surface area contributed by atoms with Crippen LogP contribution in [0.2, 0.25) is 0 Å². The molecule has 1 unspecified atom stereocenters. The lowest BCUT2D eigenvalue weighted by Gasteiger charge is -2.13. The van der Waals surface area contributed by atoms with E-state index in [-0.39, 0.29) is 25.2 Å². The van der Waals surface area contributed by atoms with E-state index in [0.717, 1.165) is 0 Å². The third kappa shape index (κ3) is 5.43. The maximum atomic E-state index is 11.4. The number of primary amides is 1. The molecule has 0 aliphatic rings. The molecule has 1 heterocycles. The number of carboxylic acids is 1. The summed E-state index contributed by atoms with van der Waals surface area (Å²) < 4.78 is 0. The Labute approximate surface area is 106 Å². The van der Waals surface area contributed by atoms with Gasteiger partial charge in [-0.25, -0.2) is 9.59 Å². The number of urea groups is 1. The predicted molar refractivity (Wildman–Crippen MR) is 59.4 cm³/mol. The maximum Gasteiger partial charge on any atom is 0.326 e. The number of carbonyl (C=O) groups is 3. The summed E-state index contributed by atoms with van der Waals surface area (Å²) in [7, 11) is 0. The largest absolute Gasteiger partial charge is 0.480 e. The minimum absolute atomic E-state index is 0.00943. The topological polar surface area (TPSA) is 176 Å². The van der Waals surface area contributed by atoms with Crippen LogP contribution < -0.4 is 16.4 Å². The predicted octanol–water partition coefficient (Wildman–Crippen LogP) is -2.28. The van der Waals surface area contributed by atoms with E-state index in [1.165, 1.54) is 0 Å². The first-order chi connectivity index (χ1) is 8.99. The molecular weight excluding hydrogens is 258 g/mol. The van der Waals surface area contributed by atoms with Crippen molar-refractivity contribution in [2.45, 2.75) is 25.4 Å². The molecule has 3 amide bonds. The van der Waals surface area contributed by atoms with Gasteiger partial charge in [-0.15, -0.1) is 10.2 Å². The van der Waals surface area contributed by atoms with Gasteiger partial charge in [0.2, 0.25) is 5.91 Å². The van der Waals surface area contributed by atoms with E-state index in [9.17, 15) is 14.4 Å². The summed E-state index contributed by atoms with van der Waals surface area (Å²) in [6, 6.07) is -1.92. The number of carbonyl (C=O) groups excluding carboxylic acids is 2. The molecule has 1 aromatic heterocycles. The van der Waals surface area contributed by atoms with Crippen LogP contribution in [0.4, 0.5) is 4.79 Å². The van der Waals surface area contributed by atoms with E-state index in [4.69, 9.17) is 10.8 Å². The van der Waals surface area contributed by atoms with Gasteiger partial charge >= 0.3 is 12.0 Å². The number of nitrogens with zero attached hydrogens (tertiary/aromatic N) is 3. The van der Waals surface area contributed by atoms with E-state index in [0.29, 0.717) is 0 Å². The van der Waals surface area contributed by atoms with Gasteiger partial charge in [-0.1, -0.05) is 5.21 Å². The Morgan fingerprint density at radius 1 is 1.42 bits per heavy atom. The van der Waals surface area contributed by atoms with Gasteiger partial charge in [0.25, 0.3) is 0 Å². The van der Waals surface area contributed by atoms with Gasteiger partial charge in [-0.3, -0.25) is 4.79 Å². The number of rotatable bonds is 7. The fourth-order valence-corrected chi connectivity index (χ4v) is 1.17. The molecule has 1 atom stereocenters. The molecule has 11 nitrogen and oxygen atoms in total. The second kappa shape index (κ2) is 6.88. The molecule has 1 rings (SSSR count). The number of amides is 3. The average molecular weight is 271 g/mol. The molecule has 0 bridgehead atoms. The number of tetrazole rings is 1. The Morgan fingerprint density at radius 2 is 2.16 bits per heavy atom. The maximum absolute atomic E-state index is 11.4. The van der Waals surface area contributed by atoms with E-state index in [1.54, 1.807) is 0 Å². The Morgan fingerprint density at radius 3 is 2.68 bits per heavy atom. The highest BCUT2D eigenvalue weighted by atomic mass is 16.4. The zero-order chi connectivity index (χ0) is 14.3. The highest BCUT2D eigenvalue weighted by Crippen LogP contribution is 1.97. The van der Waals surface area contributed by atoms with E-state index in [2.05, 4.69) is 31.3 Å². The summed E-state index contributed by atoms with van der Waals surface area (Å²) in [6.45, 7) is -0.00943. The Hall–Kier alpha value is -2.72. The van der Waals surface area contributed by atoms with Crippen molar-refractivity contribution in [3.63, 3.8) is 0 Å². The fourth-order valence-electron chi connectivity index (χ4n) is 1.17. The van der Waals surface area contributed by atoms with Crippen LogP contribution >= 0.6 is 0 Å². The van der Waals surface area contributed by atoms with Gasteiger partial charge in [0.05, 0.1) is 6.54 Å². The van der Waals surface area contributed by atoms with Gasteiger partial charge in [-0.05, 0) is 6.42 Å². The number of nitrogens with one attached hydrogen (secondary N) is 3. The van der Waals surface area contributed by atoms with E-state index < -0.39 is 23.9 Å². The number of carboxylic acid groups (broad SMARTS) is 1. The Kier molecular flexibility index (Phi) is 5.19. The number of nitrogens with two attached hydrogens (primary N) is 1. The molecule has 0 saturated carbocycles. The second-order valence-electron chi connectivity index (χ2n) is 3.55. The van der Waals surface area contributed by atoms with E-state index >= 15 is 0 Å². The Balaban J connectivity index is 2.38. The molecule has 11 heteroatoms. The molecule has 1 aromatic rings. The van der Waals surface area contributed by atoms with Crippen molar-refractivity contribution in [1.29, 1.82) is 0 Å². The molecule has 0 saturated heterocycles. The van der Waals surface area contributed by atoms with Crippen molar-refractivity contribution < 1.29 is 19.5 Å². The van der Waals surface area contributed by atoms with Crippen LogP contribution in [-0.2, 0) is 16.1 Å². The van der Waals surface area contributed by atoms with Crippen molar-refractivity contribution >= 4 is 17.9 Å². The molecule has 0 radical (unpaired) electrons. The first-order valence-electron chi connectivity index (χ1n) is 5.27. The van der Waals surface area contributed by atoms with Crippen LogP contribution in [0.1, 0.15) is 18.7 Å². The quantitative estimate of drug-likeness (QED) is 0.370. The lowest BCUT2D eigenvalue weighted by molar-refractivity contribution is -0.139. The summed E-state index contributed by atoms with van der Waals surface area (Å²) in [5.41, 5.74) is 4.91. The zero-order valence-corrected chi connectivity index (χ0v) is 9.79. The summed E-state index contributed by atoms with van der Waals surface area (Å²) in [4.78, 5) is 32.8. The van der Waals surface area contributed by atoms with Crippen molar-refractivity contribution in [3.05, 3.63) is 5.82 Å². The molecule has 0 aliphatic carbocycles. The minimum Gasteiger partial charge on any atom is -0.480 e. The number of aromatic amines is 1. The van der Waals surface area contributed by atoms with Crippen molar-refractivity contribution in [1.82, 2.24) is 31.3 Å². The van der Waals surface area contributed by atoms with Gasteiger partial charge < -0.3 is 21.5 Å². The number of aliphatic carboxylic acids is 1. The van der Waals surface area contributed by atoms with Gasteiger partial charge in [0.1, 0.15) is 6.04 Å². The first-order valence-corrected chi connectivity index (χ1v) is 5.27. The number of H-pyrrole nitrogens is 1. The van der Waals surface area contributed by atoms with Crippen LogP contribution in [0, 0.1) is 0 Å². The van der Waals surface area contributed by atoms with Crippen LogP contribution in [0.25, 0.3) is 0 Å². The smallest absolute Gasteiger partial charge is 0.326 e. The van der Waals surface area contributed by atoms with Gasteiger partial charge in [0, 0.05) is 6.42 Å². The summed E-state index contributed by atoms with van der Waals surface area (Å²) in [6.07, 6.45) is -0.220. The van der Waals surface area contributed by atoms with Crippen LogP contribution in [0.3, 0.4) is 0 Å². The monoisotopic (exact) mass is 271 g/mol. The molecule has 0 aromatic carbocycles. The SMILES string of the molecule is NC(=O)CCC(NC(=O)NCc1nn[nH]n1)C(=O)O. The van der Waals surface area contributed by atoms with Crippen molar-refractivity contribution in [3.8, 4) is 0 Å². The van der Waals surface area contributed by atoms with Crippen molar-refractivity contribution in [2.75, 3.05) is 0 Å². The molecule has 0 spiro atoms. The van der Waals surface area contributed by atoms with E-state index in [1.807, 2.05) is 0 Å². The summed E-state index contributed by atoms with van der Waals surface area (Å²) in [5, 5.41) is 26.1. The third-order valence-electron chi connectivity index (χ3n) is 2.08. The first kappa shape index (κ1) is 14.3. The molecule has 19 heavy (non-hydrogen) atoms. The van der Waals surface area contributed by atoms with Crippen LogP contribution in [0.5, 0.6) is 0 Å². The van der Waals surface area contributed by atoms with Gasteiger partial charge in [0.15, 0.2) is 5.82 Å². The Bertz CT molecular complexity index is 446. The fraction of sp³-hybridized carbons (Fsp3) is 0.500. The molecular formula is C8H13N7O4. The lowest BCUT2D eigenvalue weighted by Crippen LogP contribution is -2.46. The van der Waals surface area contributed by atoms with Crippen LogP contribution in [0.15, 0.2) is 0 Å². The number of hydrogen-bond acceptors (Lipinski definition) is 6. The summed E-state index contributed by atoms with van der Waals surface area (Å²) >= 11 is 0. The molecule has 0 fully saturated rings. The normalized spacial score (nSPS) is 11.6. The molecule has 0 aliphatic heterocycles. The zero-order valence-electron chi connectivity index (χ0n) is 9.79. The average Bonchev–Trinajstić information content (AvgIpc) is 2.84.